The quantitative estimate of drug-likeness (QED) is 0.769. The van der Waals surface area contributed by atoms with Gasteiger partial charge in [-0.2, -0.15) is 0 Å². The molecule has 0 rings (SSSR count). The molecule has 0 aromatic heterocycles. The highest BCUT2D eigenvalue weighted by molar-refractivity contribution is 5.69. The van der Waals surface area contributed by atoms with Gasteiger partial charge in [0.25, 0.3) is 0 Å². The minimum atomic E-state index is -0.852. The summed E-state index contributed by atoms with van der Waals surface area (Å²) < 4.78 is 5.16. The number of rotatable bonds is 6. The van der Waals surface area contributed by atoms with E-state index in [2.05, 4.69) is 5.32 Å². The fraction of sp³-hybridized carbons (Fsp3) is 0.846. The molecule has 0 aliphatic rings. The Hall–Kier alpha value is -1.26. The number of aliphatic carboxylic acids is 1. The largest absolute Gasteiger partial charge is 0.481 e. The lowest BCUT2D eigenvalue weighted by atomic mass is 10.00. The number of nitrogens with one attached hydrogen (secondary N) is 1. The average Bonchev–Trinajstić information content (AvgIpc) is 2.09. The SMILES string of the molecule is CC(C)CC(CCC(=O)O)NC(=O)OC(C)(C)C. The maximum Gasteiger partial charge on any atom is 0.407 e. The number of hydrogen-bond acceptors (Lipinski definition) is 3. The summed E-state index contributed by atoms with van der Waals surface area (Å²) in [6.07, 6.45) is 0.727. The van der Waals surface area contributed by atoms with Gasteiger partial charge in [0.15, 0.2) is 0 Å². The standard InChI is InChI=1S/C13H25NO4/c1-9(2)8-10(6-7-11(15)16)14-12(17)18-13(3,4)5/h9-10H,6-8H2,1-5H3,(H,14,17)(H,15,16). The van der Waals surface area contributed by atoms with Crippen LogP contribution in [0.1, 0.15) is 53.9 Å². The van der Waals surface area contributed by atoms with E-state index in [0.717, 1.165) is 6.42 Å². The van der Waals surface area contributed by atoms with E-state index in [9.17, 15) is 9.59 Å². The first kappa shape index (κ1) is 16.7. The van der Waals surface area contributed by atoms with Gasteiger partial charge in [0.2, 0.25) is 0 Å². The van der Waals surface area contributed by atoms with Gasteiger partial charge >= 0.3 is 12.1 Å². The van der Waals surface area contributed by atoms with Crippen LogP contribution in [0.5, 0.6) is 0 Å². The molecule has 0 heterocycles. The fourth-order valence-electron chi connectivity index (χ4n) is 1.59. The van der Waals surface area contributed by atoms with E-state index in [1.807, 2.05) is 13.8 Å². The second kappa shape index (κ2) is 7.24. The highest BCUT2D eigenvalue weighted by atomic mass is 16.6. The highest BCUT2D eigenvalue weighted by Crippen LogP contribution is 2.12. The molecule has 0 aromatic carbocycles. The van der Waals surface area contributed by atoms with Crippen LogP contribution in [-0.4, -0.2) is 28.8 Å². The van der Waals surface area contributed by atoms with Gasteiger partial charge in [-0.1, -0.05) is 13.8 Å². The summed E-state index contributed by atoms with van der Waals surface area (Å²) in [6.45, 7) is 9.44. The van der Waals surface area contributed by atoms with Crippen molar-refractivity contribution in [2.45, 2.75) is 65.5 Å². The van der Waals surface area contributed by atoms with Crippen LogP contribution in [0.3, 0.4) is 0 Å². The Bertz CT molecular complexity index is 281. The van der Waals surface area contributed by atoms with Crippen molar-refractivity contribution >= 4 is 12.1 Å². The maximum atomic E-state index is 11.6. The van der Waals surface area contributed by atoms with Crippen LogP contribution in [0.2, 0.25) is 0 Å². The van der Waals surface area contributed by atoms with Crippen molar-refractivity contribution in [1.29, 1.82) is 0 Å². The summed E-state index contributed by atoms with van der Waals surface area (Å²) in [5.41, 5.74) is -0.542. The molecule has 0 fully saturated rings. The summed E-state index contributed by atoms with van der Waals surface area (Å²) in [4.78, 5) is 22.2. The molecule has 18 heavy (non-hydrogen) atoms. The second-order valence-corrected chi connectivity index (χ2v) is 5.91. The summed E-state index contributed by atoms with van der Waals surface area (Å²) in [6, 6.07) is -0.157. The average molecular weight is 259 g/mol. The van der Waals surface area contributed by atoms with Gasteiger partial charge in [-0.05, 0) is 39.5 Å². The Morgan fingerprint density at radius 2 is 1.83 bits per heavy atom. The lowest BCUT2D eigenvalue weighted by Crippen LogP contribution is -2.40. The third-order valence-electron chi connectivity index (χ3n) is 2.18. The number of ether oxygens (including phenoxy) is 1. The molecule has 1 atom stereocenters. The second-order valence-electron chi connectivity index (χ2n) is 5.91. The normalized spacial score (nSPS) is 13.2. The van der Waals surface area contributed by atoms with Crippen molar-refractivity contribution < 1.29 is 19.4 Å². The molecule has 0 aliphatic carbocycles. The Balaban J connectivity index is 4.30. The van der Waals surface area contributed by atoms with E-state index in [1.54, 1.807) is 20.8 Å². The topological polar surface area (TPSA) is 75.6 Å². The molecule has 5 heteroatoms. The summed E-state index contributed by atoms with van der Waals surface area (Å²) >= 11 is 0. The molecule has 5 nitrogen and oxygen atoms in total. The van der Waals surface area contributed by atoms with Crippen molar-refractivity contribution in [2.75, 3.05) is 0 Å². The van der Waals surface area contributed by atoms with Crippen molar-refractivity contribution in [3.8, 4) is 0 Å². The molecule has 0 bridgehead atoms. The smallest absolute Gasteiger partial charge is 0.407 e. The van der Waals surface area contributed by atoms with Crippen molar-refractivity contribution in [2.24, 2.45) is 5.92 Å². The molecular formula is C13H25NO4. The minimum absolute atomic E-state index is 0.0488. The predicted octanol–water partition coefficient (Wildman–Crippen LogP) is 2.79. The van der Waals surface area contributed by atoms with E-state index < -0.39 is 17.7 Å². The van der Waals surface area contributed by atoms with Crippen LogP contribution in [0, 0.1) is 5.92 Å². The number of carbonyl (C=O) groups excluding carboxylic acids is 1. The number of carbonyl (C=O) groups is 2. The summed E-state index contributed by atoms with van der Waals surface area (Å²) in [7, 11) is 0. The van der Waals surface area contributed by atoms with Crippen molar-refractivity contribution in [3.05, 3.63) is 0 Å². The van der Waals surface area contributed by atoms with Gasteiger partial charge in [-0.25, -0.2) is 4.79 Å². The first-order valence-corrected chi connectivity index (χ1v) is 6.31. The number of hydrogen-bond donors (Lipinski definition) is 2. The highest BCUT2D eigenvalue weighted by Gasteiger charge is 2.20. The molecule has 0 aromatic rings. The molecule has 0 aliphatic heterocycles. The molecule has 0 radical (unpaired) electrons. The fourth-order valence-corrected chi connectivity index (χ4v) is 1.59. The van der Waals surface area contributed by atoms with E-state index in [1.165, 1.54) is 0 Å². The first-order valence-electron chi connectivity index (χ1n) is 6.31. The molecule has 0 saturated carbocycles. The van der Waals surface area contributed by atoms with Crippen molar-refractivity contribution in [3.63, 3.8) is 0 Å². The zero-order chi connectivity index (χ0) is 14.3. The van der Waals surface area contributed by atoms with Crippen LogP contribution in [0.25, 0.3) is 0 Å². The lowest BCUT2D eigenvalue weighted by molar-refractivity contribution is -0.137. The Labute approximate surface area is 109 Å². The van der Waals surface area contributed by atoms with E-state index in [-0.39, 0.29) is 12.5 Å². The predicted molar refractivity (Wildman–Crippen MR) is 69.5 cm³/mol. The molecule has 106 valence electrons. The minimum Gasteiger partial charge on any atom is -0.481 e. The van der Waals surface area contributed by atoms with Crippen LogP contribution in [0.4, 0.5) is 4.79 Å². The third-order valence-corrected chi connectivity index (χ3v) is 2.18. The first-order chi connectivity index (χ1) is 8.10. The zero-order valence-corrected chi connectivity index (χ0v) is 11.9. The van der Waals surface area contributed by atoms with Crippen LogP contribution >= 0.6 is 0 Å². The lowest BCUT2D eigenvalue weighted by Gasteiger charge is -2.24. The number of carboxylic acids is 1. The maximum absolute atomic E-state index is 11.6. The third kappa shape index (κ3) is 9.93. The molecule has 0 spiro atoms. The number of carboxylic acid groups (broad SMARTS) is 1. The van der Waals surface area contributed by atoms with Gasteiger partial charge < -0.3 is 15.2 Å². The number of alkyl carbamates (subject to hydrolysis) is 1. The zero-order valence-electron chi connectivity index (χ0n) is 11.9. The van der Waals surface area contributed by atoms with E-state index >= 15 is 0 Å². The Morgan fingerprint density at radius 3 is 2.22 bits per heavy atom. The molecule has 1 unspecified atom stereocenters. The van der Waals surface area contributed by atoms with Gasteiger partial charge in [-0.15, -0.1) is 0 Å². The van der Waals surface area contributed by atoms with Crippen molar-refractivity contribution in [1.82, 2.24) is 5.32 Å². The van der Waals surface area contributed by atoms with Gasteiger partial charge in [0.05, 0.1) is 0 Å². The molecular weight excluding hydrogens is 234 g/mol. The summed E-state index contributed by atoms with van der Waals surface area (Å²) in [5.74, 6) is -0.464. The Morgan fingerprint density at radius 1 is 1.28 bits per heavy atom. The molecule has 2 N–H and O–H groups in total. The van der Waals surface area contributed by atoms with Crippen LogP contribution < -0.4 is 5.32 Å². The monoisotopic (exact) mass is 259 g/mol. The summed E-state index contributed by atoms with van der Waals surface area (Å²) in [5, 5.41) is 11.4. The number of amides is 1. The van der Waals surface area contributed by atoms with Crippen LogP contribution in [-0.2, 0) is 9.53 Å². The van der Waals surface area contributed by atoms with Gasteiger partial charge in [-0.3, -0.25) is 4.79 Å². The van der Waals surface area contributed by atoms with Gasteiger partial charge in [0.1, 0.15) is 5.60 Å². The molecule has 0 saturated heterocycles. The molecule has 1 amide bonds. The van der Waals surface area contributed by atoms with Gasteiger partial charge in [0, 0.05) is 12.5 Å². The van der Waals surface area contributed by atoms with E-state index in [0.29, 0.717) is 12.3 Å². The van der Waals surface area contributed by atoms with Crippen LogP contribution in [0.15, 0.2) is 0 Å². The van der Waals surface area contributed by atoms with E-state index in [4.69, 9.17) is 9.84 Å². The Kier molecular flexibility index (Phi) is 6.73.